The van der Waals surface area contributed by atoms with Gasteiger partial charge in [0.05, 0.1) is 18.6 Å². The average molecular weight is 675 g/mol. The van der Waals surface area contributed by atoms with E-state index in [0.717, 1.165) is 28.3 Å². The van der Waals surface area contributed by atoms with Crippen molar-refractivity contribution in [2.75, 3.05) is 6.54 Å². The van der Waals surface area contributed by atoms with E-state index in [2.05, 4.69) is 21.3 Å². The summed E-state index contributed by atoms with van der Waals surface area (Å²) in [5.74, 6) is -1.22. The maximum absolute atomic E-state index is 13.9. The number of hydrogen-bond donors (Lipinski definition) is 5. The number of ether oxygens (including phenoxy) is 1. The largest absolute Gasteiger partial charge is 0.445 e. The van der Waals surface area contributed by atoms with Gasteiger partial charge in [0.2, 0.25) is 17.7 Å². The van der Waals surface area contributed by atoms with Crippen LogP contribution in [0.1, 0.15) is 71.9 Å². The molecule has 0 aliphatic rings. The van der Waals surface area contributed by atoms with Gasteiger partial charge in [0.15, 0.2) is 0 Å². The van der Waals surface area contributed by atoms with Crippen molar-refractivity contribution in [3.63, 3.8) is 0 Å². The third-order valence-electron chi connectivity index (χ3n) is 8.63. The minimum Gasteiger partial charge on any atom is -0.445 e. The molecule has 0 radical (unpaired) electrons. The van der Waals surface area contributed by atoms with Crippen LogP contribution in [0.5, 0.6) is 0 Å². The van der Waals surface area contributed by atoms with Gasteiger partial charge in [-0.2, -0.15) is 0 Å². The van der Waals surface area contributed by atoms with Gasteiger partial charge in [-0.25, -0.2) is 4.79 Å². The van der Waals surface area contributed by atoms with Crippen LogP contribution in [0, 0.1) is 17.8 Å². The van der Waals surface area contributed by atoms with E-state index in [1.165, 1.54) is 0 Å². The molecule has 266 valence electrons. The number of nitrogens with one attached hydrogen (secondary N) is 4. The van der Waals surface area contributed by atoms with Gasteiger partial charge in [-0.3, -0.25) is 14.4 Å². The minimum absolute atomic E-state index is 0.0293. The van der Waals surface area contributed by atoms with Gasteiger partial charge in [-0.05, 0) is 46.1 Å². The molecule has 3 aromatic rings. The zero-order valence-corrected chi connectivity index (χ0v) is 29.7. The fourth-order valence-corrected chi connectivity index (χ4v) is 5.52. The van der Waals surface area contributed by atoms with Crippen LogP contribution in [0.2, 0.25) is 0 Å². The molecule has 3 aromatic carbocycles. The van der Waals surface area contributed by atoms with Crippen LogP contribution in [0.3, 0.4) is 0 Å². The Kier molecular flexibility index (Phi) is 15.5. The predicted octanol–water partition coefficient (Wildman–Crippen LogP) is 5.26. The lowest BCUT2D eigenvalue weighted by atomic mass is 9.95. The van der Waals surface area contributed by atoms with Crippen molar-refractivity contribution in [1.82, 2.24) is 21.3 Å². The molecule has 1 unspecified atom stereocenters. The first-order chi connectivity index (χ1) is 23.4. The van der Waals surface area contributed by atoms with E-state index in [4.69, 9.17) is 4.74 Å². The normalized spacial score (nSPS) is 14.4. The lowest BCUT2D eigenvalue weighted by Gasteiger charge is -2.30. The maximum Gasteiger partial charge on any atom is 0.408 e. The van der Waals surface area contributed by atoms with Crippen LogP contribution in [-0.4, -0.2) is 59.7 Å². The van der Waals surface area contributed by atoms with Gasteiger partial charge in [0.1, 0.15) is 18.7 Å². The van der Waals surface area contributed by atoms with E-state index in [1.54, 1.807) is 0 Å². The maximum atomic E-state index is 13.9. The Labute approximate surface area is 290 Å². The van der Waals surface area contributed by atoms with Gasteiger partial charge in [0, 0.05) is 13.0 Å². The molecule has 5 atom stereocenters. The molecule has 0 fully saturated rings. The number of fused-ring (bicyclic) bond motifs is 1. The van der Waals surface area contributed by atoms with E-state index in [1.807, 2.05) is 114 Å². The zero-order valence-electron chi connectivity index (χ0n) is 29.7. The third kappa shape index (κ3) is 12.8. The van der Waals surface area contributed by atoms with Gasteiger partial charge in [-0.15, -0.1) is 0 Å². The molecule has 5 N–H and O–H groups in total. The van der Waals surface area contributed by atoms with E-state index in [0.29, 0.717) is 18.9 Å². The number of alkyl carbamates (subject to hydrolysis) is 1. The highest BCUT2D eigenvalue weighted by molar-refractivity contribution is 5.93. The Bertz CT molecular complexity index is 1510. The Morgan fingerprint density at radius 1 is 0.796 bits per heavy atom. The SMILES string of the molecule is CCC(C)CNC(=O)C[C@H](O)[C@H](CC(C)C)NC(=O)[C@@H](NC(=O)[C@H](Cc1cccc2ccccc12)NC(=O)OCc1ccccc1)C(C)C. The molecule has 0 bridgehead atoms. The molecule has 49 heavy (non-hydrogen) atoms. The topological polar surface area (TPSA) is 146 Å². The summed E-state index contributed by atoms with van der Waals surface area (Å²) in [4.78, 5) is 53.3. The summed E-state index contributed by atoms with van der Waals surface area (Å²) in [6.07, 6.45) is -0.531. The van der Waals surface area contributed by atoms with Crippen molar-refractivity contribution >= 4 is 34.6 Å². The van der Waals surface area contributed by atoms with Crippen molar-refractivity contribution in [3.05, 3.63) is 83.9 Å². The van der Waals surface area contributed by atoms with Gasteiger partial charge >= 0.3 is 6.09 Å². The molecular formula is C39H54N4O6. The Morgan fingerprint density at radius 3 is 2.14 bits per heavy atom. The molecule has 0 aliphatic heterocycles. The average Bonchev–Trinajstić information content (AvgIpc) is 3.08. The van der Waals surface area contributed by atoms with Crippen LogP contribution in [-0.2, 0) is 32.1 Å². The smallest absolute Gasteiger partial charge is 0.408 e. The second kappa shape index (κ2) is 19.5. The van der Waals surface area contributed by atoms with Crippen molar-refractivity contribution in [2.24, 2.45) is 17.8 Å². The fraction of sp³-hybridized carbons (Fsp3) is 0.487. The van der Waals surface area contributed by atoms with E-state index in [-0.39, 0.29) is 37.2 Å². The molecule has 3 rings (SSSR count). The standard InChI is InChI=1S/C39H54N4O6/c1-7-27(6)23-40-35(45)22-34(44)32(20-25(2)3)41-38(47)36(26(4)5)43-37(46)33(42-39(48)49-24-28-14-9-8-10-15-28)21-30-18-13-17-29-16-11-12-19-31(29)30/h8-19,25-27,32-34,36,44H,7,20-24H2,1-6H3,(H,40,45)(H,41,47)(H,42,48)(H,43,46)/t27?,32-,33-,34-,36-/m0/s1. The fourth-order valence-electron chi connectivity index (χ4n) is 5.52. The number of aliphatic hydroxyl groups is 1. The highest BCUT2D eigenvalue weighted by Gasteiger charge is 2.33. The van der Waals surface area contributed by atoms with Crippen LogP contribution in [0.25, 0.3) is 10.8 Å². The molecule has 0 saturated heterocycles. The molecular weight excluding hydrogens is 620 g/mol. The Morgan fingerprint density at radius 2 is 1.47 bits per heavy atom. The second-order valence-corrected chi connectivity index (χ2v) is 13.7. The summed E-state index contributed by atoms with van der Waals surface area (Å²) in [5.41, 5.74) is 1.65. The van der Waals surface area contributed by atoms with Crippen LogP contribution >= 0.6 is 0 Å². The first kappa shape index (κ1) is 39.0. The van der Waals surface area contributed by atoms with E-state index < -0.39 is 42.1 Å². The molecule has 0 saturated carbocycles. The number of benzene rings is 3. The van der Waals surface area contributed by atoms with Crippen LogP contribution in [0.4, 0.5) is 4.79 Å². The number of carbonyl (C=O) groups is 4. The number of carbonyl (C=O) groups excluding carboxylic acids is 4. The van der Waals surface area contributed by atoms with Gasteiger partial charge < -0.3 is 31.1 Å². The number of rotatable bonds is 18. The summed E-state index contributed by atoms with van der Waals surface area (Å²) in [6, 6.07) is 20.0. The summed E-state index contributed by atoms with van der Waals surface area (Å²) in [7, 11) is 0. The molecule has 0 aromatic heterocycles. The molecule has 10 nitrogen and oxygen atoms in total. The number of aliphatic hydroxyl groups excluding tert-OH is 1. The summed E-state index contributed by atoms with van der Waals surface area (Å²) >= 11 is 0. The number of amides is 4. The lowest BCUT2D eigenvalue weighted by molar-refractivity contribution is -0.132. The van der Waals surface area contributed by atoms with E-state index >= 15 is 0 Å². The highest BCUT2D eigenvalue weighted by Crippen LogP contribution is 2.20. The summed E-state index contributed by atoms with van der Waals surface area (Å²) in [5, 5.41) is 24.3. The zero-order chi connectivity index (χ0) is 35.9. The summed E-state index contributed by atoms with van der Waals surface area (Å²) < 4.78 is 5.45. The van der Waals surface area contributed by atoms with Gasteiger partial charge in [0.25, 0.3) is 0 Å². The second-order valence-electron chi connectivity index (χ2n) is 13.7. The monoisotopic (exact) mass is 674 g/mol. The van der Waals surface area contributed by atoms with Crippen molar-refractivity contribution < 1.29 is 29.0 Å². The quantitative estimate of drug-likeness (QED) is 0.124. The third-order valence-corrected chi connectivity index (χ3v) is 8.63. The van der Waals surface area contributed by atoms with Crippen molar-refractivity contribution in [3.8, 4) is 0 Å². The Hall–Kier alpha value is -4.44. The first-order valence-electron chi connectivity index (χ1n) is 17.4. The molecule has 10 heteroatoms. The highest BCUT2D eigenvalue weighted by atomic mass is 16.5. The lowest BCUT2D eigenvalue weighted by Crippen LogP contribution is -2.58. The molecule has 0 aliphatic carbocycles. The Balaban J connectivity index is 1.78. The predicted molar refractivity (Wildman–Crippen MR) is 192 cm³/mol. The van der Waals surface area contributed by atoms with Crippen LogP contribution in [0.15, 0.2) is 72.8 Å². The van der Waals surface area contributed by atoms with Crippen molar-refractivity contribution in [1.29, 1.82) is 0 Å². The van der Waals surface area contributed by atoms with E-state index in [9.17, 15) is 24.3 Å². The first-order valence-corrected chi connectivity index (χ1v) is 17.4. The number of hydrogen-bond acceptors (Lipinski definition) is 6. The van der Waals surface area contributed by atoms with Crippen LogP contribution < -0.4 is 21.3 Å². The molecule has 4 amide bonds. The van der Waals surface area contributed by atoms with Crippen molar-refractivity contribution in [2.45, 2.75) is 98.1 Å². The molecule has 0 spiro atoms. The minimum atomic E-state index is -1.12. The van der Waals surface area contributed by atoms with Gasteiger partial charge in [-0.1, -0.05) is 121 Å². The molecule has 0 heterocycles. The summed E-state index contributed by atoms with van der Waals surface area (Å²) in [6.45, 7) is 12.2.